The summed E-state index contributed by atoms with van der Waals surface area (Å²) in [4.78, 5) is 12.5. The molecule has 8 nitrogen and oxygen atoms in total. The highest BCUT2D eigenvalue weighted by Gasteiger charge is 2.24. The van der Waals surface area contributed by atoms with Crippen LogP contribution >= 0.6 is 0 Å². The predicted molar refractivity (Wildman–Crippen MR) is 129 cm³/mol. The minimum Gasteiger partial charge on any atom is -0.411 e. The van der Waals surface area contributed by atoms with E-state index in [0.717, 1.165) is 27.7 Å². The van der Waals surface area contributed by atoms with Crippen molar-refractivity contribution in [1.82, 2.24) is 20.2 Å². The van der Waals surface area contributed by atoms with E-state index in [2.05, 4.69) is 21.7 Å². The van der Waals surface area contributed by atoms with Crippen molar-refractivity contribution >= 4 is 22.5 Å². The summed E-state index contributed by atoms with van der Waals surface area (Å²) < 4.78 is 7.89. The van der Waals surface area contributed by atoms with E-state index in [4.69, 9.17) is 9.94 Å². The fourth-order valence-corrected chi connectivity index (χ4v) is 4.11. The fourth-order valence-electron chi connectivity index (χ4n) is 4.11. The van der Waals surface area contributed by atoms with Gasteiger partial charge in [-0.25, -0.2) is 9.69 Å². The second-order valence-corrected chi connectivity index (χ2v) is 8.22. The monoisotopic (exact) mass is 455 g/mol. The molecule has 34 heavy (non-hydrogen) atoms. The number of carbonyl (C=O) groups excluding carboxylic acids is 1. The maximum absolute atomic E-state index is 12.5. The minimum absolute atomic E-state index is 0.121. The van der Waals surface area contributed by atoms with Crippen molar-refractivity contribution in [3.63, 3.8) is 0 Å². The number of hydrogen-bond acceptors (Lipinski definition) is 6. The number of nitrogens with one attached hydrogen (secondary N) is 1. The van der Waals surface area contributed by atoms with Gasteiger partial charge in [0.1, 0.15) is 0 Å². The van der Waals surface area contributed by atoms with Crippen LogP contribution in [0.3, 0.4) is 0 Å². The first-order chi connectivity index (χ1) is 16.6. The van der Waals surface area contributed by atoms with Crippen LogP contribution in [0.5, 0.6) is 0 Å². The van der Waals surface area contributed by atoms with Gasteiger partial charge in [0.2, 0.25) is 0 Å². The van der Waals surface area contributed by atoms with Gasteiger partial charge in [-0.1, -0.05) is 41.6 Å². The molecule has 1 atom stereocenters. The highest BCUT2D eigenvalue weighted by molar-refractivity contribution is 5.98. The van der Waals surface area contributed by atoms with Crippen molar-refractivity contribution in [3.05, 3.63) is 95.7 Å². The van der Waals surface area contributed by atoms with Crippen molar-refractivity contribution in [1.29, 1.82) is 0 Å². The van der Waals surface area contributed by atoms with Crippen LogP contribution in [0.15, 0.2) is 84.1 Å². The zero-order valence-electron chi connectivity index (χ0n) is 18.8. The van der Waals surface area contributed by atoms with Gasteiger partial charge in [-0.05, 0) is 54.4 Å². The largest absolute Gasteiger partial charge is 0.411 e. The summed E-state index contributed by atoms with van der Waals surface area (Å²) in [5, 5.41) is 19.7. The van der Waals surface area contributed by atoms with Gasteiger partial charge in [0.15, 0.2) is 0 Å². The second-order valence-electron chi connectivity index (χ2n) is 8.22. The molecule has 0 saturated carbocycles. The minimum atomic E-state index is -0.155. The molecule has 3 aromatic carbocycles. The van der Waals surface area contributed by atoms with Crippen molar-refractivity contribution in [2.75, 3.05) is 19.7 Å². The van der Waals surface area contributed by atoms with Gasteiger partial charge in [0, 0.05) is 24.0 Å². The molecule has 5 rings (SSSR count). The van der Waals surface area contributed by atoms with Crippen LogP contribution in [0.1, 0.15) is 34.5 Å². The van der Waals surface area contributed by atoms with Crippen molar-refractivity contribution < 1.29 is 14.7 Å². The molecule has 2 N–H and O–H groups in total. The van der Waals surface area contributed by atoms with Crippen molar-refractivity contribution in [2.45, 2.75) is 13.0 Å². The van der Waals surface area contributed by atoms with Crippen LogP contribution < -0.4 is 5.43 Å². The van der Waals surface area contributed by atoms with Crippen molar-refractivity contribution in [2.24, 2.45) is 5.16 Å². The fraction of sp³-hybridized carbons (Fsp3) is 0.192. The first kappa shape index (κ1) is 21.8. The van der Waals surface area contributed by atoms with Crippen molar-refractivity contribution in [3.8, 4) is 5.69 Å². The lowest BCUT2D eigenvalue weighted by molar-refractivity contribution is -0.0449. The van der Waals surface area contributed by atoms with Gasteiger partial charge < -0.3 is 9.94 Å². The number of aromatic nitrogens is 2. The van der Waals surface area contributed by atoms with E-state index < -0.39 is 0 Å². The number of morpholine rings is 1. The Kier molecular flexibility index (Phi) is 6.07. The molecule has 0 radical (unpaired) electrons. The number of nitrogens with zero attached hydrogens (tertiary/aromatic N) is 4. The first-order valence-electron chi connectivity index (χ1n) is 11.1. The summed E-state index contributed by atoms with van der Waals surface area (Å²) in [5.41, 5.74) is 7.96. The standard InChI is InChI=1S/C26H25N5O3/c1-18(29-33)19-7-10-23(11-8-19)31-24-12-9-21(15-22(24)16-27-31)25-17-30(13-14-34-25)28-26(32)20-5-3-2-4-6-20/h2-12,15-16,25,33H,13-14,17H2,1H3,(H,28,32)/b29-18+. The summed E-state index contributed by atoms with van der Waals surface area (Å²) in [6.07, 6.45) is 1.68. The predicted octanol–water partition coefficient (Wildman–Crippen LogP) is 3.94. The third kappa shape index (κ3) is 4.41. The van der Waals surface area contributed by atoms with Gasteiger partial charge in [-0.3, -0.25) is 10.2 Å². The average molecular weight is 456 g/mol. The Hall–Kier alpha value is -4.01. The molecule has 2 heterocycles. The summed E-state index contributed by atoms with van der Waals surface area (Å²) in [6.45, 7) is 3.47. The Labute approximate surface area is 197 Å². The number of rotatable bonds is 5. The molecule has 0 bridgehead atoms. The van der Waals surface area contributed by atoms with E-state index in [1.807, 2.05) is 70.5 Å². The van der Waals surface area contributed by atoms with E-state index in [1.54, 1.807) is 19.1 Å². The lowest BCUT2D eigenvalue weighted by Gasteiger charge is -2.33. The number of benzene rings is 3. The molecule has 4 aromatic rings. The van der Waals surface area contributed by atoms with Crippen LogP contribution in [0.25, 0.3) is 16.6 Å². The number of amides is 1. The second kappa shape index (κ2) is 9.46. The lowest BCUT2D eigenvalue weighted by Crippen LogP contribution is -2.49. The Morgan fingerprint density at radius 2 is 1.88 bits per heavy atom. The Morgan fingerprint density at radius 1 is 1.09 bits per heavy atom. The maximum Gasteiger partial charge on any atom is 0.265 e. The molecule has 1 unspecified atom stereocenters. The molecule has 1 aliphatic heterocycles. The van der Waals surface area contributed by atoms with Crippen LogP contribution in [-0.2, 0) is 4.74 Å². The molecular formula is C26H25N5O3. The third-order valence-corrected chi connectivity index (χ3v) is 6.01. The number of hydrazine groups is 1. The quantitative estimate of drug-likeness (QED) is 0.270. The molecule has 172 valence electrons. The SMILES string of the molecule is C/C(=N\O)c1ccc(-n2ncc3cc(C4CN(NC(=O)c5ccccc5)CCO4)ccc32)cc1. The van der Waals surface area contributed by atoms with E-state index >= 15 is 0 Å². The van der Waals surface area contributed by atoms with E-state index in [0.29, 0.717) is 31.0 Å². The summed E-state index contributed by atoms with van der Waals surface area (Å²) in [7, 11) is 0. The van der Waals surface area contributed by atoms with Crippen LogP contribution in [-0.4, -0.2) is 51.3 Å². The van der Waals surface area contributed by atoms with E-state index in [-0.39, 0.29) is 12.0 Å². The summed E-state index contributed by atoms with van der Waals surface area (Å²) in [6, 6.07) is 23.1. The van der Waals surface area contributed by atoms with Crippen LogP contribution in [0.4, 0.5) is 0 Å². The number of carbonyl (C=O) groups is 1. The molecule has 1 amide bonds. The lowest BCUT2D eigenvalue weighted by atomic mass is 10.1. The molecule has 0 aliphatic carbocycles. The first-order valence-corrected chi connectivity index (χ1v) is 11.1. The van der Waals surface area contributed by atoms with Gasteiger partial charge in [0.05, 0.1) is 35.8 Å². The van der Waals surface area contributed by atoms with E-state index in [9.17, 15) is 4.79 Å². The summed E-state index contributed by atoms with van der Waals surface area (Å²) in [5.74, 6) is -0.121. The molecule has 1 fully saturated rings. The number of ether oxygens (including phenoxy) is 1. The molecule has 8 heteroatoms. The van der Waals surface area contributed by atoms with Crippen LogP contribution in [0, 0.1) is 0 Å². The number of fused-ring (bicyclic) bond motifs is 1. The highest BCUT2D eigenvalue weighted by Crippen LogP contribution is 2.27. The Balaban J connectivity index is 1.32. The summed E-state index contributed by atoms with van der Waals surface area (Å²) >= 11 is 0. The number of oxime groups is 1. The van der Waals surface area contributed by atoms with Gasteiger partial charge >= 0.3 is 0 Å². The third-order valence-electron chi connectivity index (χ3n) is 6.01. The zero-order chi connectivity index (χ0) is 23.5. The molecule has 1 aliphatic rings. The van der Waals surface area contributed by atoms with Gasteiger partial charge in [-0.2, -0.15) is 5.10 Å². The smallest absolute Gasteiger partial charge is 0.265 e. The number of hydrogen-bond donors (Lipinski definition) is 2. The van der Waals surface area contributed by atoms with Gasteiger partial charge in [-0.15, -0.1) is 0 Å². The molecule has 1 aromatic heterocycles. The molecular weight excluding hydrogens is 430 g/mol. The average Bonchev–Trinajstić information content (AvgIpc) is 3.32. The van der Waals surface area contributed by atoms with Gasteiger partial charge in [0.25, 0.3) is 5.91 Å². The van der Waals surface area contributed by atoms with E-state index in [1.165, 1.54) is 0 Å². The Morgan fingerprint density at radius 3 is 2.65 bits per heavy atom. The Bertz CT molecular complexity index is 1330. The normalized spacial score (nSPS) is 17.1. The highest BCUT2D eigenvalue weighted by atomic mass is 16.5. The zero-order valence-corrected chi connectivity index (χ0v) is 18.8. The topological polar surface area (TPSA) is 92.0 Å². The molecule has 0 spiro atoms. The molecule has 1 saturated heterocycles. The maximum atomic E-state index is 12.5. The van der Waals surface area contributed by atoms with Crippen LogP contribution in [0.2, 0.25) is 0 Å².